The normalized spacial score (nSPS) is 33.6. The molecular formula is C15H18BrNO2. The predicted molar refractivity (Wildman–Crippen MR) is 77.0 cm³/mol. The number of likely N-dealkylation sites (tertiary alicyclic amines) is 1. The van der Waals surface area contributed by atoms with Crippen molar-refractivity contribution in [2.45, 2.75) is 23.8 Å². The summed E-state index contributed by atoms with van der Waals surface area (Å²) < 4.78 is 4.95. The van der Waals surface area contributed by atoms with E-state index in [0.717, 1.165) is 19.5 Å². The van der Waals surface area contributed by atoms with Gasteiger partial charge in [0.1, 0.15) is 0 Å². The van der Waals surface area contributed by atoms with Crippen LogP contribution in [0.3, 0.4) is 0 Å². The Kier molecular flexibility index (Phi) is 3.63. The van der Waals surface area contributed by atoms with Crippen LogP contribution in [0.5, 0.6) is 0 Å². The Balaban J connectivity index is 1.76. The van der Waals surface area contributed by atoms with E-state index in [-0.39, 0.29) is 17.9 Å². The maximum absolute atomic E-state index is 11.9. The van der Waals surface area contributed by atoms with E-state index in [4.69, 9.17) is 4.74 Å². The van der Waals surface area contributed by atoms with Crippen molar-refractivity contribution in [1.82, 2.24) is 4.90 Å². The zero-order chi connectivity index (χ0) is 13.4. The van der Waals surface area contributed by atoms with Gasteiger partial charge in [-0.3, -0.25) is 9.69 Å². The molecule has 1 saturated carbocycles. The average molecular weight is 324 g/mol. The quantitative estimate of drug-likeness (QED) is 0.632. The molecule has 1 aromatic rings. The summed E-state index contributed by atoms with van der Waals surface area (Å²) >= 11 is 3.77. The van der Waals surface area contributed by atoms with Crippen molar-refractivity contribution in [2.75, 3.05) is 13.7 Å². The number of hydrogen-bond donors (Lipinski definition) is 0. The Morgan fingerprint density at radius 3 is 2.79 bits per heavy atom. The zero-order valence-electron chi connectivity index (χ0n) is 11.0. The van der Waals surface area contributed by atoms with Crippen LogP contribution in [-0.2, 0) is 16.1 Å². The van der Waals surface area contributed by atoms with Crippen LogP contribution in [0.15, 0.2) is 30.3 Å². The molecule has 0 unspecified atom stereocenters. The summed E-state index contributed by atoms with van der Waals surface area (Å²) in [6.45, 7) is 1.99. The number of rotatable bonds is 3. The van der Waals surface area contributed by atoms with E-state index in [1.165, 1.54) is 12.7 Å². The first-order valence-corrected chi connectivity index (χ1v) is 7.62. The Morgan fingerprint density at radius 1 is 1.42 bits per heavy atom. The lowest BCUT2D eigenvalue weighted by Gasteiger charge is -2.31. The second-order valence-electron chi connectivity index (χ2n) is 5.48. The topological polar surface area (TPSA) is 29.5 Å². The maximum Gasteiger partial charge on any atom is 0.310 e. The third-order valence-corrected chi connectivity index (χ3v) is 5.66. The third-order valence-electron chi connectivity index (χ3n) is 4.37. The lowest BCUT2D eigenvalue weighted by Crippen LogP contribution is -2.42. The second kappa shape index (κ2) is 5.25. The van der Waals surface area contributed by atoms with Crippen LogP contribution in [-0.4, -0.2) is 35.4 Å². The van der Waals surface area contributed by atoms with E-state index in [2.05, 4.69) is 45.1 Å². The molecule has 0 radical (unpaired) electrons. The minimum absolute atomic E-state index is 0.0248. The van der Waals surface area contributed by atoms with E-state index >= 15 is 0 Å². The van der Waals surface area contributed by atoms with Crippen LogP contribution >= 0.6 is 15.9 Å². The summed E-state index contributed by atoms with van der Waals surface area (Å²) in [6.07, 6.45) is 0.957. The second-order valence-corrected chi connectivity index (χ2v) is 6.53. The van der Waals surface area contributed by atoms with Gasteiger partial charge < -0.3 is 4.74 Å². The van der Waals surface area contributed by atoms with Crippen molar-refractivity contribution >= 4 is 21.9 Å². The molecule has 4 atom stereocenters. The number of alkyl halides is 1. The summed E-state index contributed by atoms with van der Waals surface area (Å²) in [5.41, 5.74) is 1.30. The molecule has 1 aliphatic heterocycles. The Hall–Kier alpha value is -0.870. The number of methoxy groups -OCH3 is 1. The fourth-order valence-electron chi connectivity index (χ4n) is 3.53. The minimum Gasteiger partial charge on any atom is -0.469 e. The standard InChI is InChI=1S/C15H18BrNO2/c1-19-15(18)12-7-11-9-17(14(12)13(11)16)8-10-5-3-2-4-6-10/h2-6,11-14H,7-9H2,1H3/t11-,12-,13+,14-/m0/s1. The molecule has 4 heteroatoms. The minimum atomic E-state index is -0.0605. The van der Waals surface area contributed by atoms with Crippen molar-refractivity contribution in [3.05, 3.63) is 35.9 Å². The highest BCUT2D eigenvalue weighted by atomic mass is 79.9. The van der Waals surface area contributed by atoms with Gasteiger partial charge in [-0.1, -0.05) is 46.3 Å². The highest BCUT2D eigenvalue weighted by molar-refractivity contribution is 9.09. The lowest BCUT2D eigenvalue weighted by atomic mass is 9.98. The Labute approximate surface area is 122 Å². The van der Waals surface area contributed by atoms with Gasteiger partial charge in [-0.2, -0.15) is 0 Å². The number of esters is 1. The van der Waals surface area contributed by atoms with Gasteiger partial charge in [0.15, 0.2) is 0 Å². The average Bonchev–Trinajstić information content (AvgIpc) is 2.91. The van der Waals surface area contributed by atoms with Gasteiger partial charge in [-0.05, 0) is 17.9 Å². The monoisotopic (exact) mass is 323 g/mol. The van der Waals surface area contributed by atoms with E-state index in [1.807, 2.05) is 6.07 Å². The predicted octanol–water partition coefficient (Wildman–Crippen LogP) is 2.44. The van der Waals surface area contributed by atoms with Crippen LogP contribution < -0.4 is 0 Å². The van der Waals surface area contributed by atoms with Crippen LogP contribution in [0.1, 0.15) is 12.0 Å². The molecule has 0 N–H and O–H groups in total. The van der Waals surface area contributed by atoms with Crippen molar-refractivity contribution < 1.29 is 9.53 Å². The molecule has 0 amide bonds. The number of benzene rings is 1. The van der Waals surface area contributed by atoms with Crippen LogP contribution in [0.4, 0.5) is 0 Å². The number of piperidine rings is 1. The maximum atomic E-state index is 11.9. The highest BCUT2D eigenvalue weighted by Gasteiger charge is 2.54. The van der Waals surface area contributed by atoms with Crippen LogP contribution in [0.2, 0.25) is 0 Å². The SMILES string of the molecule is COC(=O)[C@H]1C[C@H]2CN(Cc3ccccc3)[C@@H]1[C@@H]2Br. The number of hydrogen-bond acceptors (Lipinski definition) is 3. The van der Waals surface area contributed by atoms with Gasteiger partial charge in [0, 0.05) is 24.0 Å². The van der Waals surface area contributed by atoms with E-state index in [0.29, 0.717) is 10.7 Å². The molecule has 1 heterocycles. The summed E-state index contributed by atoms with van der Waals surface area (Å²) in [7, 11) is 1.49. The zero-order valence-corrected chi connectivity index (χ0v) is 12.5. The van der Waals surface area contributed by atoms with Gasteiger partial charge in [-0.25, -0.2) is 0 Å². The van der Waals surface area contributed by atoms with Gasteiger partial charge in [0.05, 0.1) is 13.0 Å². The van der Waals surface area contributed by atoms with E-state index < -0.39 is 0 Å². The number of ether oxygens (including phenoxy) is 1. The Morgan fingerprint density at radius 2 is 2.16 bits per heavy atom. The molecular weight excluding hydrogens is 306 g/mol. The van der Waals surface area contributed by atoms with Crippen molar-refractivity contribution in [2.24, 2.45) is 11.8 Å². The molecule has 102 valence electrons. The molecule has 0 spiro atoms. The highest BCUT2D eigenvalue weighted by Crippen LogP contribution is 2.46. The number of halogens is 1. The van der Waals surface area contributed by atoms with Crippen LogP contribution in [0.25, 0.3) is 0 Å². The first-order valence-electron chi connectivity index (χ1n) is 6.70. The third kappa shape index (κ3) is 2.32. The van der Waals surface area contributed by atoms with Gasteiger partial charge >= 0.3 is 5.97 Å². The number of carbonyl (C=O) groups excluding carboxylic acids is 1. The molecule has 2 bridgehead atoms. The van der Waals surface area contributed by atoms with Crippen molar-refractivity contribution in [3.63, 3.8) is 0 Å². The van der Waals surface area contributed by atoms with E-state index in [9.17, 15) is 4.79 Å². The summed E-state index contributed by atoms with van der Waals surface area (Å²) in [6, 6.07) is 10.7. The largest absolute Gasteiger partial charge is 0.469 e. The molecule has 0 aromatic heterocycles. The summed E-state index contributed by atoms with van der Waals surface area (Å²) in [5.74, 6) is 0.532. The smallest absolute Gasteiger partial charge is 0.310 e. The summed E-state index contributed by atoms with van der Waals surface area (Å²) in [4.78, 5) is 14.7. The van der Waals surface area contributed by atoms with E-state index in [1.54, 1.807) is 0 Å². The molecule has 3 nitrogen and oxygen atoms in total. The molecule has 2 aliphatic rings. The number of carbonyl (C=O) groups is 1. The number of fused-ring (bicyclic) bond motifs is 2. The fourth-order valence-corrected chi connectivity index (χ4v) is 4.61. The first-order chi connectivity index (χ1) is 9.20. The molecule has 1 aliphatic carbocycles. The van der Waals surface area contributed by atoms with Crippen molar-refractivity contribution in [3.8, 4) is 0 Å². The Bertz CT molecular complexity index is 464. The van der Waals surface area contributed by atoms with Gasteiger partial charge in [0.2, 0.25) is 0 Å². The molecule has 1 aromatic carbocycles. The van der Waals surface area contributed by atoms with Gasteiger partial charge in [-0.15, -0.1) is 0 Å². The van der Waals surface area contributed by atoms with Crippen LogP contribution in [0, 0.1) is 11.8 Å². The first kappa shape index (κ1) is 13.1. The number of nitrogens with zero attached hydrogens (tertiary/aromatic N) is 1. The molecule has 19 heavy (non-hydrogen) atoms. The van der Waals surface area contributed by atoms with Crippen molar-refractivity contribution in [1.29, 1.82) is 0 Å². The molecule has 1 saturated heterocycles. The summed E-state index contributed by atoms with van der Waals surface area (Å²) in [5, 5.41) is 0. The lowest BCUT2D eigenvalue weighted by molar-refractivity contribution is -0.148. The molecule has 3 rings (SSSR count). The van der Waals surface area contributed by atoms with Gasteiger partial charge in [0.25, 0.3) is 0 Å². The molecule has 2 fully saturated rings. The fraction of sp³-hybridized carbons (Fsp3) is 0.533.